The fourth-order valence-corrected chi connectivity index (χ4v) is 1.90. The lowest BCUT2D eigenvalue weighted by Crippen LogP contribution is -2.26. The number of benzene rings is 1. The van der Waals surface area contributed by atoms with Crippen molar-refractivity contribution in [2.75, 3.05) is 7.05 Å². The summed E-state index contributed by atoms with van der Waals surface area (Å²) in [6, 6.07) is 11.5. The van der Waals surface area contributed by atoms with Gasteiger partial charge in [0.05, 0.1) is 12.2 Å². The number of nitrogens with zero attached hydrogens (tertiary/aromatic N) is 2. The first kappa shape index (κ1) is 13.3. The maximum absolute atomic E-state index is 12.3. The van der Waals surface area contributed by atoms with Gasteiger partial charge in [0.25, 0.3) is 5.91 Å². The minimum absolute atomic E-state index is 0.0220. The van der Waals surface area contributed by atoms with Crippen molar-refractivity contribution in [3.8, 4) is 0 Å². The third-order valence-corrected chi connectivity index (χ3v) is 3.23. The van der Waals surface area contributed by atoms with Crippen molar-refractivity contribution in [3.05, 3.63) is 65.0 Å². The maximum atomic E-state index is 12.3. The molecule has 0 aliphatic heterocycles. The van der Waals surface area contributed by atoms with Crippen molar-refractivity contribution in [1.82, 2.24) is 9.88 Å². The van der Waals surface area contributed by atoms with Crippen LogP contribution in [0.1, 0.15) is 27.2 Å². The summed E-state index contributed by atoms with van der Waals surface area (Å²) in [5.74, 6) is 0.0220. The summed E-state index contributed by atoms with van der Waals surface area (Å²) >= 11 is 0. The fourth-order valence-electron chi connectivity index (χ4n) is 1.90. The number of amides is 1. The SMILES string of the molecule is Cc1ccc(C(=O)N(C)Cc2ccccn2)cc1C. The van der Waals surface area contributed by atoms with Crippen LogP contribution in [0.2, 0.25) is 0 Å². The Morgan fingerprint density at radius 3 is 2.58 bits per heavy atom. The van der Waals surface area contributed by atoms with E-state index in [9.17, 15) is 4.79 Å². The molecule has 1 aromatic carbocycles. The number of carbonyl (C=O) groups excluding carboxylic acids is 1. The Labute approximate surface area is 113 Å². The zero-order chi connectivity index (χ0) is 13.8. The quantitative estimate of drug-likeness (QED) is 0.843. The van der Waals surface area contributed by atoms with E-state index in [4.69, 9.17) is 0 Å². The standard InChI is InChI=1S/C16H18N2O/c1-12-7-8-14(10-13(12)2)16(19)18(3)11-15-6-4-5-9-17-15/h4-10H,11H2,1-3H3. The van der Waals surface area contributed by atoms with Crippen molar-refractivity contribution in [1.29, 1.82) is 0 Å². The average molecular weight is 254 g/mol. The molecular formula is C16H18N2O. The zero-order valence-electron chi connectivity index (χ0n) is 11.6. The smallest absolute Gasteiger partial charge is 0.253 e. The molecule has 0 fully saturated rings. The van der Waals surface area contributed by atoms with Crippen LogP contribution in [0.15, 0.2) is 42.6 Å². The summed E-state index contributed by atoms with van der Waals surface area (Å²) in [6.45, 7) is 4.58. The summed E-state index contributed by atoms with van der Waals surface area (Å²) < 4.78 is 0. The van der Waals surface area contributed by atoms with Gasteiger partial charge in [-0.05, 0) is 49.2 Å². The summed E-state index contributed by atoms with van der Waals surface area (Å²) in [5.41, 5.74) is 3.95. The van der Waals surface area contributed by atoms with E-state index in [1.165, 1.54) is 5.56 Å². The molecule has 0 spiro atoms. The van der Waals surface area contributed by atoms with Crippen molar-refractivity contribution < 1.29 is 4.79 Å². The average Bonchev–Trinajstić information content (AvgIpc) is 2.42. The van der Waals surface area contributed by atoms with Gasteiger partial charge in [0.2, 0.25) is 0 Å². The van der Waals surface area contributed by atoms with Crippen LogP contribution in [0.4, 0.5) is 0 Å². The Hall–Kier alpha value is -2.16. The number of hydrogen-bond donors (Lipinski definition) is 0. The second-order valence-electron chi connectivity index (χ2n) is 4.78. The topological polar surface area (TPSA) is 33.2 Å². The number of aryl methyl sites for hydroxylation is 2. The van der Waals surface area contributed by atoms with E-state index in [-0.39, 0.29) is 5.91 Å². The van der Waals surface area contributed by atoms with Gasteiger partial charge < -0.3 is 4.90 Å². The highest BCUT2D eigenvalue weighted by molar-refractivity contribution is 5.94. The Morgan fingerprint density at radius 1 is 1.16 bits per heavy atom. The number of carbonyl (C=O) groups is 1. The van der Waals surface area contributed by atoms with Crippen molar-refractivity contribution in [3.63, 3.8) is 0 Å². The molecule has 98 valence electrons. The molecule has 2 aromatic rings. The molecule has 1 heterocycles. The highest BCUT2D eigenvalue weighted by atomic mass is 16.2. The van der Waals surface area contributed by atoms with Crippen molar-refractivity contribution in [2.24, 2.45) is 0 Å². The molecule has 19 heavy (non-hydrogen) atoms. The van der Waals surface area contributed by atoms with Gasteiger partial charge in [0, 0.05) is 18.8 Å². The molecule has 0 N–H and O–H groups in total. The highest BCUT2D eigenvalue weighted by Crippen LogP contribution is 2.12. The summed E-state index contributed by atoms with van der Waals surface area (Å²) in [5, 5.41) is 0. The van der Waals surface area contributed by atoms with Gasteiger partial charge in [-0.2, -0.15) is 0 Å². The molecule has 3 nitrogen and oxygen atoms in total. The van der Waals surface area contributed by atoms with Crippen LogP contribution in [0.5, 0.6) is 0 Å². The molecule has 1 amide bonds. The van der Waals surface area contributed by atoms with E-state index in [2.05, 4.69) is 4.98 Å². The molecule has 0 aliphatic rings. The van der Waals surface area contributed by atoms with Gasteiger partial charge in [-0.25, -0.2) is 0 Å². The predicted molar refractivity (Wildman–Crippen MR) is 76.0 cm³/mol. The summed E-state index contributed by atoms with van der Waals surface area (Å²) in [7, 11) is 1.80. The number of pyridine rings is 1. The second-order valence-corrected chi connectivity index (χ2v) is 4.78. The van der Waals surface area contributed by atoms with E-state index in [0.717, 1.165) is 16.8 Å². The Balaban J connectivity index is 2.12. The first-order valence-electron chi connectivity index (χ1n) is 6.30. The number of aromatic nitrogens is 1. The van der Waals surface area contributed by atoms with Crippen LogP contribution in [-0.4, -0.2) is 22.8 Å². The van der Waals surface area contributed by atoms with Gasteiger partial charge in [-0.15, -0.1) is 0 Å². The molecule has 1 aromatic heterocycles. The van der Waals surface area contributed by atoms with Crippen LogP contribution in [0.3, 0.4) is 0 Å². The van der Waals surface area contributed by atoms with Crippen LogP contribution in [-0.2, 0) is 6.54 Å². The molecule has 0 bridgehead atoms. The summed E-state index contributed by atoms with van der Waals surface area (Å²) in [4.78, 5) is 18.2. The van der Waals surface area contributed by atoms with Crippen LogP contribution in [0.25, 0.3) is 0 Å². The fraction of sp³-hybridized carbons (Fsp3) is 0.250. The van der Waals surface area contributed by atoms with Crippen LogP contribution < -0.4 is 0 Å². The van der Waals surface area contributed by atoms with E-state index in [0.29, 0.717) is 6.54 Å². The first-order valence-corrected chi connectivity index (χ1v) is 6.30. The van der Waals surface area contributed by atoms with Crippen molar-refractivity contribution >= 4 is 5.91 Å². The molecule has 2 rings (SSSR count). The lowest BCUT2D eigenvalue weighted by Gasteiger charge is -2.17. The molecule has 0 saturated heterocycles. The Bertz CT molecular complexity index is 579. The maximum Gasteiger partial charge on any atom is 0.253 e. The van der Waals surface area contributed by atoms with Gasteiger partial charge in [0.1, 0.15) is 0 Å². The van der Waals surface area contributed by atoms with Gasteiger partial charge >= 0.3 is 0 Å². The first-order chi connectivity index (χ1) is 9.08. The molecule has 0 saturated carbocycles. The second kappa shape index (κ2) is 5.65. The van der Waals surface area contributed by atoms with E-state index >= 15 is 0 Å². The summed E-state index contributed by atoms with van der Waals surface area (Å²) in [6.07, 6.45) is 1.74. The minimum atomic E-state index is 0.0220. The molecule has 0 radical (unpaired) electrons. The largest absolute Gasteiger partial charge is 0.336 e. The third-order valence-electron chi connectivity index (χ3n) is 3.23. The lowest BCUT2D eigenvalue weighted by atomic mass is 10.1. The molecule has 0 unspecified atom stereocenters. The number of rotatable bonds is 3. The zero-order valence-corrected chi connectivity index (χ0v) is 11.6. The van der Waals surface area contributed by atoms with Crippen LogP contribution in [0, 0.1) is 13.8 Å². The molecular weight excluding hydrogens is 236 g/mol. The molecule has 0 aliphatic carbocycles. The highest BCUT2D eigenvalue weighted by Gasteiger charge is 2.12. The normalized spacial score (nSPS) is 10.3. The number of hydrogen-bond acceptors (Lipinski definition) is 2. The predicted octanol–water partition coefficient (Wildman–Crippen LogP) is 2.97. The van der Waals surface area contributed by atoms with Crippen molar-refractivity contribution in [2.45, 2.75) is 20.4 Å². The van der Waals surface area contributed by atoms with Crippen LogP contribution >= 0.6 is 0 Å². The Kier molecular flexibility index (Phi) is 3.95. The molecule has 0 atom stereocenters. The van der Waals surface area contributed by atoms with Gasteiger partial charge in [-0.1, -0.05) is 12.1 Å². The Morgan fingerprint density at radius 2 is 1.95 bits per heavy atom. The van der Waals surface area contributed by atoms with Gasteiger partial charge in [-0.3, -0.25) is 9.78 Å². The monoisotopic (exact) mass is 254 g/mol. The third kappa shape index (κ3) is 3.19. The minimum Gasteiger partial charge on any atom is -0.336 e. The van der Waals surface area contributed by atoms with E-state index in [1.807, 2.05) is 50.2 Å². The van der Waals surface area contributed by atoms with E-state index in [1.54, 1.807) is 18.1 Å². The molecule has 3 heteroatoms. The lowest BCUT2D eigenvalue weighted by molar-refractivity contribution is 0.0783. The van der Waals surface area contributed by atoms with E-state index < -0.39 is 0 Å². The van der Waals surface area contributed by atoms with Gasteiger partial charge in [0.15, 0.2) is 0 Å².